The number of aliphatic imine (C=N–C) groups is 3. The monoisotopic (exact) mass is 743 g/mol. The third-order valence-electron chi connectivity index (χ3n) is 11.5. The van der Waals surface area contributed by atoms with E-state index in [1.54, 1.807) is 0 Å². The number of benzene rings is 8. The Bertz CT molecular complexity index is 3280. The topological polar surface area (TPSA) is 46.9 Å². The number of nitrogens with zero attached hydrogens (tertiary/aromatic N) is 5. The molecular weight excluding hydrogens is 707 g/mol. The van der Waals surface area contributed by atoms with Crippen molar-refractivity contribution in [1.82, 2.24) is 9.13 Å². The van der Waals surface area contributed by atoms with E-state index in [2.05, 4.69) is 160 Å². The lowest BCUT2D eigenvalue weighted by atomic mass is 10.0. The molecule has 11 rings (SSSR count). The number of rotatable bonds is 6. The second-order valence-corrected chi connectivity index (χ2v) is 14.9. The second-order valence-electron chi connectivity index (χ2n) is 14.9. The normalized spacial score (nSPS) is 12.8. The zero-order chi connectivity index (χ0) is 38.6. The Kier molecular flexibility index (Phi) is 8.04. The summed E-state index contributed by atoms with van der Waals surface area (Å²) in [6, 6.07) is 66.7. The molecule has 0 atom stereocenters. The van der Waals surface area contributed by atoms with Gasteiger partial charge in [0.2, 0.25) is 0 Å². The summed E-state index contributed by atoms with van der Waals surface area (Å²) in [5.74, 6) is 1.19. The minimum absolute atomic E-state index is 0.523. The summed E-state index contributed by atoms with van der Waals surface area (Å²) in [5.41, 5.74) is 15.2. The highest BCUT2D eigenvalue weighted by Gasteiger charge is 2.23. The first kappa shape index (κ1) is 33.7. The summed E-state index contributed by atoms with van der Waals surface area (Å²) in [5, 5.41) is 5.06. The summed E-state index contributed by atoms with van der Waals surface area (Å²) < 4.78 is 4.84. The summed E-state index contributed by atoms with van der Waals surface area (Å²) in [6.07, 6.45) is 0.816. The lowest BCUT2D eigenvalue weighted by Gasteiger charge is -2.11. The molecule has 1 aliphatic rings. The quantitative estimate of drug-likeness (QED) is 0.120. The molecular formula is C53H37N5. The molecule has 0 N–H and O–H groups in total. The van der Waals surface area contributed by atoms with Crippen molar-refractivity contribution in [3.05, 3.63) is 216 Å². The number of para-hydroxylation sites is 3. The van der Waals surface area contributed by atoms with E-state index in [9.17, 15) is 0 Å². The van der Waals surface area contributed by atoms with Gasteiger partial charge in [-0.3, -0.25) is 4.99 Å². The predicted molar refractivity (Wildman–Crippen MR) is 243 cm³/mol. The van der Waals surface area contributed by atoms with E-state index in [4.69, 9.17) is 9.98 Å². The van der Waals surface area contributed by atoms with Crippen LogP contribution in [0.2, 0.25) is 0 Å². The minimum Gasteiger partial charge on any atom is -0.309 e. The number of fused-ring (bicyclic) bond motifs is 10. The number of aromatic nitrogens is 2. The first-order chi connectivity index (χ1) is 28.7. The molecule has 5 heteroatoms. The van der Waals surface area contributed by atoms with Crippen molar-refractivity contribution in [2.24, 2.45) is 15.0 Å². The van der Waals surface area contributed by atoms with Gasteiger partial charge in [-0.2, -0.15) is 0 Å². The Morgan fingerprint density at radius 2 is 1.02 bits per heavy atom. The Balaban J connectivity index is 0.997. The van der Waals surface area contributed by atoms with Gasteiger partial charge in [0.15, 0.2) is 11.7 Å². The van der Waals surface area contributed by atoms with Crippen molar-refractivity contribution in [2.75, 3.05) is 0 Å². The highest BCUT2D eigenvalue weighted by Crippen LogP contribution is 2.44. The highest BCUT2D eigenvalue weighted by atomic mass is 15.0. The maximum atomic E-state index is 5.02. The summed E-state index contributed by atoms with van der Waals surface area (Å²) in [7, 11) is 0. The summed E-state index contributed by atoms with van der Waals surface area (Å²) in [4.78, 5) is 14.4. The molecule has 0 aliphatic heterocycles. The number of hydrogen-bond acceptors (Lipinski definition) is 1. The zero-order valence-electron chi connectivity index (χ0n) is 31.8. The smallest absolute Gasteiger partial charge is 0.161 e. The molecule has 0 saturated carbocycles. The van der Waals surface area contributed by atoms with Crippen LogP contribution in [0, 0.1) is 0 Å². The van der Waals surface area contributed by atoms with Crippen molar-refractivity contribution in [3.8, 4) is 22.5 Å². The van der Waals surface area contributed by atoms with Gasteiger partial charge in [-0.1, -0.05) is 133 Å². The van der Waals surface area contributed by atoms with Crippen LogP contribution in [0.1, 0.15) is 27.8 Å². The highest BCUT2D eigenvalue weighted by molar-refractivity contribution is 6.29. The molecule has 0 saturated heterocycles. The van der Waals surface area contributed by atoms with Crippen LogP contribution < -0.4 is 0 Å². The van der Waals surface area contributed by atoms with Gasteiger partial charge in [-0.05, 0) is 95.6 Å². The van der Waals surface area contributed by atoms with E-state index in [0.717, 1.165) is 34.5 Å². The zero-order valence-corrected chi connectivity index (χ0v) is 31.8. The van der Waals surface area contributed by atoms with Crippen molar-refractivity contribution in [3.63, 3.8) is 0 Å². The van der Waals surface area contributed by atoms with E-state index in [1.165, 1.54) is 65.9 Å². The molecule has 0 fully saturated rings. The van der Waals surface area contributed by atoms with Crippen LogP contribution in [0.4, 0.5) is 0 Å². The van der Waals surface area contributed by atoms with Crippen molar-refractivity contribution < 1.29 is 0 Å². The van der Waals surface area contributed by atoms with Crippen LogP contribution >= 0.6 is 0 Å². The molecule has 0 radical (unpaired) electrons. The first-order valence-corrected chi connectivity index (χ1v) is 19.7. The average Bonchev–Trinajstić information content (AvgIpc) is 3.94. The largest absolute Gasteiger partial charge is 0.309 e. The van der Waals surface area contributed by atoms with Crippen molar-refractivity contribution in [2.45, 2.75) is 13.0 Å². The van der Waals surface area contributed by atoms with Gasteiger partial charge < -0.3 is 9.13 Å². The minimum atomic E-state index is 0.523. The van der Waals surface area contributed by atoms with Gasteiger partial charge in [0, 0.05) is 44.0 Å². The molecule has 0 spiro atoms. The van der Waals surface area contributed by atoms with Crippen LogP contribution in [-0.2, 0) is 13.0 Å². The van der Waals surface area contributed by atoms with Crippen molar-refractivity contribution >= 4 is 62.0 Å². The molecule has 0 bridgehead atoms. The summed E-state index contributed by atoms with van der Waals surface area (Å²) in [6.45, 7) is 4.46. The summed E-state index contributed by atoms with van der Waals surface area (Å²) >= 11 is 0. The molecule has 5 nitrogen and oxygen atoms in total. The Morgan fingerprint density at radius 1 is 0.466 bits per heavy atom. The third-order valence-corrected chi connectivity index (χ3v) is 11.5. The fourth-order valence-corrected chi connectivity index (χ4v) is 8.95. The van der Waals surface area contributed by atoms with E-state index >= 15 is 0 Å². The molecule has 58 heavy (non-hydrogen) atoms. The fraction of sp³-hybridized carbons (Fsp3) is 0.0377. The third kappa shape index (κ3) is 5.51. The molecule has 8 aromatic carbocycles. The Morgan fingerprint density at radius 3 is 1.67 bits per heavy atom. The lowest BCUT2D eigenvalue weighted by molar-refractivity contribution is 1.06. The number of hydrogen-bond donors (Lipinski definition) is 0. The fourth-order valence-electron chi connectivity index (χ4n) is 8.95. The van der Waals surface area contributed by atoms with Gasteiger partial charge in [0.25, 0.3) is 0 Å². The molecule has 0 amide bonds. The average molecular weight is 744 g/mol. The van der Waals surface area contributed by atoms with Gasteiger partial charge >= 0.3 is 0 Å². The standard InChI is InChI=1S/C53H37N5/c1-54-52(56-53(36-17-7-3-8-18-36)55-34-35-15-5-2-6-16-35)37-25-27-42-38(31-37)32-39-33-41(26-28-43(39)42)58-47-24-14-12-22-45(47)51-49(58)30-29-48-50(51)44-21-11-13-23-46(44)57(48)40-19-9-4-10-20-40/h2-31,33H,1,32,34H2/b55-53-,56-52-. The second kappa shape index (κ2) is 13.8. The maximum absolute atomic E-state index is 5.02. The van der Waals surface area contributed by atoms with E-state index < -0.39 is 0 Å². The van der Waals surface area contributed by atoms with Crippen LogP contribution in [-0.4, -0.2) is 27.5 Å². The van der Waals surface area contributed by atoms with Crippen LogP contribution in [0.15, 0.2) is 203 Å². The first-order valence-electron chi connectivity index (χ1n) is 19.7. The SMILES string of the molecule is C=N/C(=N\C(=N/Cc1ccccc1)c1ccccc1)c1ccc2c(c1)Cc1cc(-n3c4ccccc4c4c5c6ccccc6n(-c6ccccc6)c5ccc43)ccc1-2. The molecule has 2 heterocycles. The Labute approximate surface area is 336 Å². The van der Waals surface area contributed by atoms with Gasteiger partial charge in [0.1, 0.15) is 0 Å². The lowest BCUT2D eigenvalue weighted by Crippen LogP contribution is -2.06. The van der Waals surface area contributed by atoms with Gasteiger partial charge in [0.05, 0.1) is 28.6 Å². The van der Waals surface area contributed by atoms with Crippen LogP contribution in [0.5, 0.6) is 0 Å². The van der Waals surface area contributed by atoms with Gasteiger partial charge in [-0.15, -0.1) is 0 Å². The predicted octanol–water partition coefficient (Wildman–Crippen LogP) is 12.5. The Hall–Kier alpha value is -7.63. The molecule has 274 valence electrons. The van der Waals surface area contributed by atoms with Crippen LogP contribution in [0.25, 0.3) is 66.1 Å². The maximum Gasteiger partial charge on any atom is 0.161 e. The molecule has 10 aromatic rings. The van der Waals surface area contributed by atoms with E-state index in [1.807, 2.05) is 48.5 Å². The van der Waals surface area contributed by atoms with Crippen LogP contribution in [0.3, 0.4) is 0 Å². The molecule has 1 aliphatic carbocycles. The van der Waals surface area contributed by atoms with Gasteiger partial charge in [-0.25, -0.2) is 9.98 Å². The van der Waals surface area contributed by atoms with E-state index in [0.29, 0.717) is 18.2 Å². The molecule has 0 unspecified atom stereocenters. The van der Waals surface area contributed by atoms with Crippen molar-refractivity contribution in [1.29, 1.82) is 0 Å². The van der Waals surface area contributed by atoms with E-state index in [-0.39, 0.29) is 0 Å². The number of amidine groups is 2. The molecule has 2 aromatic heterocycles.